The summed E-state index contributed by atoms with van der Waals surface area (Å²) in [6.07, 6.45) is 0.274. The van der Waals surface area contributed by atoms with Gasteiger partial charge in [-0.1, -0.05) is 0 Å². The normalized spacial score (nSPS) is 11.5. The van der Waals surface area contributed by atoms with Crippen LogP contribution < -0.4 is 5.50 Å². The van der Waals surface area contributed by atoms with E-state index in [1.54, 1.807) is 0 Å². The first kappa shape index (κ1) is 28.7. The highest BCUT2D eigenvalue weighted by atomic mass is 31.2. The number of aliphatic hydroxyl groups excluding tert-OH is 2. The highest BCUT2D eigenvalue weighted by molar-refractivity contribution is 7.43. The predicted molar refractivity (Wildman–Crippen MR) is 97.8 cm³/mol. The average molecular weight is 416 g/mol. The maximum absolute atomic E-state index is 8.45. The van der Waals surface area contributed by atoms with Crippen LogP contribution in [0.15, 0.2) is 0 Å². The topological polar surface area (TPSA) is 166 Å². The molecular weight excluding hydrogens is 383 g/mol. The third-order valence-electron chi connectivity index (χ3n) is 2.40. The summed E-state index contributed by atoms with van der Waals surface area (Å²) in [6, 6.07) is 1.84. The van der Waals surface area contributed by atoms with Crippen molar-refractivity contribution in [2.45, 2.75) is 6.42 Å². The minimum Gasteiger partial charge on any atom is -0.394 e. The lowest BCUT2D eigenvalue weighted by Crippen LogP contribution is -2.14. The van der Waals surface area contributed by atoms with Crippen molar-refractivity contribution in [3.8, 4) is 6.07 Å². The number of hydrogen-bond donors (Lipinski definition) is 4. The monoisotopic (exact) mass is 416 g/mol. The lowest BCUT2D eigenvalue weighted by Gasteiger charge is -2.07. The van der Waals surface area contributed by atoms with Crippen molar-refractivity contribution in [1.82, 2.24) is 0 Å². The van der Waals surface area contributed by atoms with E-state index in [2.05, 4.69) is 4.52 Å². The van der Waals surface area contributed by atoms with Crippen LogP contribution in [0, 0.1) is 11.3 Å². The van der Waals surface area contributed by atoms with E-state index in [4.69, 9.17) is 49.6 Å². The molecule has 0 aliphatic rings. The quantitative estimate of drug-likeness (QED) is 0.153. The van der Waals surface area contributed by atoms with E-state index in [0.29, 0.717) is 66.1 Å². The van der Waals surface area contributed by atoms with Gasteiger partial charge in [-0.2, -0.15) is 5.26 Å². The molecule has 0 amide bonds. The van der Waals surface area contributed by atoms with Gasteiger partial charge in [-0.05, 0) is 0 Å². The lowest BCUT2D eigenvalue weighted by atomic mass is 10.5. The molecule has 0 aromatic carbocycles. The molecule has 27 heavy (non-hydrogen) atoms. The molecule has 0 radical (unpaired) electrons. The first-order valence-electron chi connectivity index (χ1n) is 8.53. The molecule has 0 aromatic rings. The number of nitrogens with two attached hydrogens (primary N) is 1. The van der Waals surface area contributed by atoms with Gasteiger partial charge in [0.15, 0.2) is 0 Å². The van der Waals surface area contributed by atoms with Gasteiger partial charge < -0.3 is 43.3 Å². The van der Waals surface area contributed by atoms with Gasteiger partial charge in [0, 0.05) is 0 Å². The van der Waals surface area contributed by atoms with E-state index in [0.717, 1.165) is 0 Å². The zero-order valence-electron chi connectivity index (χ0n) is 15.7. The Labute approximate surface area is 161 Å². The Balaban J connectivity index is 0. The maximum atomic E-state index is 8.45. The van der Waals surface area contributed by atoms with Gasteiger partial charge in [0.05, 0.1) is 98.4 Å². The molecule has 1 unspecified atom stereocenters. The van der Waals surface area contributed by atoms with Crippen molar-refractivity contribution >= 4 is 8.53 Å². The van der Waals surface area contributed by atoms with Crippen LogP contribution in [0.4, 0.5) is 0 Å². The first-order valence-corrected chi connectivity index (χ1v) is 9.81. The fourth-order valence-corrected chi connectivity index (χ4v) is 1.57. The summed E-state index contributed by atoms with van der Waals surface area (Å²) >= 11 is 0. The lowest BCUT2D eigenvalue weighted by molar-refractivity contribution is -0.0151. The average Bonchev–Trinajstić information content (AvgIpc) is 2.65. The Bertz CT molecular complexity index is 294. The van der Waals surface area contributed by atoms with Gasteiger partial charge in [0.25, 0.3) is 0 Å². The number of nitriles is 1. The van der Waals surface area contributed by atoms with Gasteiger partial charge >= 0.3 is 0 Å². The summed E-state index contributed by atoms with van der Waals surface area (Å²) in [5, 5.41) is 24.8. The molecule has 162 valence electrons. The Hall–Kier alpha value is -0.480. The molecule has 0 saturated carbocycles. The fourth-order valence-electron chi connectivity index (χ4n) is 1.30. The molecular formula is C15H33N2O9P. The van der Waals surface area contributed by atoms with Crippen LogP contribution in [-0.4, -0.2) is 101 Å². The third kappa shape index (κ3) is 33.5. The minimum atomic E-state index is -1.76. The van der Waals surface area contributed by atoms with Gasteiger partial charge in [-0.3, -0.25) is 5.50 Å². The molecule has 0 spiro atoms. The molecule has 11 nitrogen and oxygen atoms in total. The predicted octanol–water partition coefficient (Wildman–Crippen LogP) is -0.851. The Morgan fingerprint density at radius 1 is 0.667 bits per heavy atom. The van der Waals surface area contributed by atoms with Crippen LogP contribution in [-0.2, 0) is 28.2 Å². The van der Waals surface area contributed by atoms with Crippen LogP contribution in [0.1, 0.15) is 6.42 Å². The summed E-state index contributed by atoms with van der Waals surface area (Å²) in [7, 11) is -1.76. The van der Waals surface area contributed by atoms with Crippen LogP contribution in [0.3, 0.4) is 0 Å². The second-order valence-electron chi connectivity index (χ2n) is 4.55. The zero-order chi connectivity index (χ0) is 20.4. The van der Waals surface area contributed by atoms with Crippen LogP contribution in [0.5, 0.6) is 0 Å². The van der Waals surface area contributed by atoms with Gasteiger partial charge in [0.1, 0.15) is 0 Å². The van der Waals surface area contributed by atoms with E-state index in [1.807, 2.05) is 6.07 Å². The molecule has 0 aliphatic carbocycles. The molecule has 0 fully saturated rings. The molecule has 0 heterocycles. The number of aliphatic hydroxyl groups is 2. The van der Waals surface area contributed by atoms with Gasteiger partial charge in [-0.15, -0.1) is 0 Å². The van der Waals surface area contributed by atoms with Gasteiger partial charge in [0.2, 0.25) is 8.53 Å². The SMILES string of the molecule is N#CCCOP(N)O.OCCOCCOCCOCCOCCOCCO. The highest BCUT2D eigenvalue weighted by Crippen LogP contribution is 2.18. The Kier molecular flexibility index (Phi) is 29.5. The molecule has 12 heteroatoms. The second-order valence-corrected chi connectivity index (χ2v) is 5.42. The van der Waals surface area contributed by atoms with Crippen molar-refractivity contribution in [2.24, 2.45) is 5.50 Å². The van der Waals surface area contributed by atoms with Crippen molar-refractivity contribution in [3.05, 3.63) is 0 Å². The number of hydrogen-bond acceptors (Lipinski definition) is 11. The van der Waals surface area contributed by atoms with E-state index in [-0.39, 0.29) is 26.2 Å². The molecule has 0 aliphatic heterocycles. The van der Waals surface area contributed by atoms with E-state index >= 15 is 0 Å². The first-order chi connectivity index (χ1) is 13.2. The second kappa shape index (κ2) is 27.7. The summed E-state index contributed by atoms with van der Waals surface area (Å²) in [4.78, 5) is 8.29. The smallest absolute Gasteiger partial charge is 0.250 e. The van der Waals surface area contributed by atoms with Crippen molar-refractivity contribution in [3.63, 3.8) is 0 Å². The standard InChI is InChI=1S/C12H26O7.C3H7N2O2P/c13-1-3-15-5-7-17-9-11-19-12-10-18-8-6-16-4-2-14;4-2-1-3-7-8(5)6/h13-14H,1-12H2;6H,1,3,5H2. The molecule has 1 atom stereocenters. The van der Waals surface area contributed by atoms with Crippen molar-refractivity contribution in [1.29, 1.82) is 5.26 Å². The summed E-state index contributed by atoms with van der Waals surface area (Å²) in [5.74, 6) is 0. The Morgan fingerprint density at radius 3 is 1.26 bits per heavy atom. The molecule has 0 saturated heterocycles. The number of rotatable bonds is 19. The van der Waals surface area contributed by atoms with Crippen molar-refractivity contribution in [2.75, 3.05) is 85.9 Å². The van der Waals surface area contributed by atoms with Crippen LogP contribution in [0.2, 0.25) is 0 Å². The number of nitrogens with zero attached hydrogens (tertiary/aromatic N) is 1. The number of ether oxygens (including phenoxy) is 5. The van der Waals surface area contributed by atoms with E-state index in [9.17, 15) is 0 Å². The maximum Gasteiger partial charge on any atom is 0.250 e. The Morgan fingerprint density at radius 2 is 1.00 bits per heavy atom. The minimum absolute atomic E-state index is 0.0359. The summed E-state index contributed by atoms with van der Waals surface area (Å²) < 4.78 is 30.2. The van der Waals surface area contributed by atoms with Crippen LogP contribution >= 0.6 is 8.53 Å². The highest BCUT2D eigenvalue weighted by Gasteiger charge is 1.93. The van der Waals surface area contributed by atoms with Crippen molar-refractivity contribution < 1.29 is 43.3 Å². The summed E-state index contributed by atoms with van der Waals surface area (Å²) in [6.45, 7) is 5.02. The van der Waals surface area contributed by atoms with E-state index < -0.39 is 8.53 Å². The molecule has 0 aromatic heterocycles. The fraction of sp³-hybridized carbons (Fsp3) is 0.933. The van der Waals surface area contributed by atoms with E-state index in [1.165, 1.54) is 0 Å². The van der Waals surface area contributed by atoms with Crippen LogP contribution in [0.25, 0.3) is 0 Å². The van der Waals surface area contributed by atoms with Gasteiger partial charge in [-0.25, -0.2) is 0 Å². The summed E-state index contributed by atoms with van der Waals surface area (Å²) in [5.41, 5.74) is 4.82. The molecule has 5 N–H and O–H groups in total. The third-order valence-corrected chi connectivity index (χ3v) is 2.84. The largest absolute Gasteiger partial charge is 0.394 e. The zero-order valence-corrected chi connectivity index (χ0v) is 16.6. The molecule has 0 rings (SSSR count). The molecule has 0 bridgehead atoms.